The van der Waals surface area contributed by atoms with Gasteiger partial charge in [0.1, 0.15) is 15.9 Å². The van der Waals surface area contributed by atoms with E-state index in [2.05, 4.69) is 32.2 Å². The molecule has 1 aliphatic rings. The van der Waals surface area contributed by atoms with Crippen LogP contribution in [0.4, 0.5) is 5.69 Å². The molecule has 8 heteroatoms. The van der Waals surface area contributed by atoms with Crippen LogP contribution in [0.1, 0.15) is 56.0 Å². The fourth-order valence-electron chi connectivity index (χ4n) is 3.93. The van der Waals surface area contributed by atoms with Crippen molar-refractivity contribution < 1.29 is 13.5 Å². The number of aryl methyl sites for hydroxylation is 2. The van der Waals surface area contributed by atoms with Crippen molar-refractivity contribution in [3.63, 3.8) is 0 Å². The molecule has 0 aliphatic carbocycles. The number of hydrogen-bond donors (Lipinski definition) is 2. The number of nitrogens with zero attached hydrogens (tertiary/aromatic N) is 2. The Morgan fingerprint density at radius 3 is 2.68 bits per heavy atom. The van der Waals surface area contributed by atoms with Gasteiger partial charge in [0.15, 0.2) is 5.76 Å². The molecule has 1 unspecified atom stereocenters. The van der Waals surface area contributed by atoms with Crippen molar-refractivity contribution in [2.75, 3.05) is 31.5 Å². The molecule has 1 aromatic heterocycles. The highest BCUT2D eigenvalue weighted by Crippen LogP contribution is 2.29. The SMILES string of the molecule is Cc1noc(C)c1S(=O)NCCCN1CCC(c2cccc(NC(=O)C(C)C)c2)CC1. The van der Waals surface area contributed by atoms with Crippen molar-refractivity contribution in [1.82, 2.24) is 14.8 Å². The lowest BCUT2D eigenvalue weighted by atomic mass is 9.89. The second-order valence-corrected chi connectivity index (χ2v) is 9.79. The van der Waals surface area contributed by atoms with E-state index in [1.165, 1.54) is 5.56 Å². The van der Waals surface area contributed by atoms with Crippen molar-refractivity contribution in [2.24, 2.45) is 5.92 Å². The fraction of sp³-hybridized carbons (Fsp3) is 0.565. The van der Waals surface area contributed by atoms with Gasteiger partial charge >= 0.3 is 0 Å². The molecule has 3 rings (SSSR count). The second-order valence-electron chi connectivity index (χ2n) is 8.56. The highest BCUT2D eigenvalue weighted by molar-refractivity contribution is 7.83. The molecule has 2 aromatic rings. The molecule has 1 aromatic carbocycles. The number of hydrogen-bond acceptors (Lipinski definition) is 5. The summed E-state index contributed by atoms with van der Waals surface area (Å²) in [4.78, 5) is 15.1. The van der Waals surface area contributed by atoms with Crippen LogP contribution in [0.2, 0.25) is 0 Å². The van der Waals surface area contributed by atoms with Crippen molar-refractivity contribution in [1.29, 1.82) is 0 Å². The van der Waals surface area contributed by atoms with Crippen molar-refractivity contribution >= 4 is 22.6 Å². The number of carbonyl (C=O) groups is 1. The molecule has 1 fully saturated rings. The number of nitrogens with one attached hydrogen (secondary N) is 2. The van der Waals surface area contributed by atoms with Crippen LogP contribution < -0.4 is 10.0 Å². The topological polar surface area (TPSA) is 87.5 Å². The Bertz CT molecular complexity index is 884. The van der Waals surface area contributed by atoms with E-state index in [0.29, 0.717) is 28.8 Å². The van der Waals surface area contributed by atoms with Crippen molar-refractivity contribution in [3.05, 3.63) is 41.3 Å². The average molecular weight is 447 g/mol. The number of piperidine rings is 1. The first-order valence-corrected chi connectivity index (χ1v) is 12.2. The summed E-state index contributed by atoms with van der Waals surface area (Å²) < 4.78 is 20.6. The number of likely N-dealkylation sites (tertiary alicyclic amines) is 1. The normalized spacial score (nSPS) is 16.5. The van der Waals surface area contributed by atoms with Gasteiger partial charge in [-0.05, 0) is 76.4 Å². The zero-order valence-corrected chi connectivity index (χ0v) is 19.8. The largest absolute Gasteiger partial charge is 0.360 e. The van der Waals surface area contributed by atoms with Gasteiger partial charge in [-0.25, -0.2) is 8.93 Å². The van der Waals surface area contributed by atoms with Crippen LogP contribution in [0.25, 0.3) is 0 Å². The molecular formula is C23H34N4O3S. The van der Waals surface area contributed by atoms with Crippen LogP contribution >= 0.6 is 0 Å². The Labute approximate surface area is 187 Å². The second kappa shape index (κ2) is 11.0. The van der Waals surface area contributed by atoms with E-state index in [-0.39, 0.29) is 11.8 Å². The van der Waals surface area contributed by atoms with Crippen LogP contribution in [-0.4, -0.2) is 46.4 Å². The van der Waals surface area contributed by atoms with Gasteiger partial charge in [0, 0.05) is 18.2 Å². The lowest BCUT2D eigenvalue weighted by Gasteiger charge is -2.32. The quantitative estimate of drug-likeness (QED) is 0.573. The van der Waals surface area contributed by atoms with Gasteiger partial charge in [-0.3, -0.25) is 4.79 Å². The van der Waals surface area contributed by atoms with E-state index in [1.807, 2.05) is 32.9 Å². The van der Waals surface area contributed by atoms with Crippen LogP contribution in [0.3, 0.4) is 0 Å². The van der Waals surface area contributed by atoms with Crippen LogP contribution in [0, 0.1) is 19.8 Å². The highest BCUT2D eigenvalue weighted by Gasteiger charge is 2.21. The predicted molar refractivity (Wildman–Crippen MR) is 123 cm³/mol. The zero-order valence-electron chi connectivity index (χ0n) is 18.9. The van der Waals surface area contributed by atoms with Gasteiger partial charge in [-0.1, -0.05) is 31.1 Å². The third-order valence-electron chi connectivity index (χ3n) is 5.78. The Balaban J connectivity index is 1.40. The Morgan fingerprint density at radius 2 is 2.03 bits per heavy atom. The number of anilines is 1. The fourth-order valence-corrected chi connectivity index (χ4v) is 5.00. The van der Waals surface area contributed by atoms with E-state index in [1.54, 1.807) is 6.92 Å². The maximum atomic E-state index is 12.4. The van der Waals surface area contributed by atoms with Crippen molar-refractivity contribution in [3.8, 4) is 0 Å². The average Bonchev–Trinajstić information content (AvgIpc) is 3.09. The predicted octanol–water partition coefficient (Wildman–Crippen LogP) is 3.77. The summed E-state index contributed by atoms with van der Waals surface area (Å²) in [5, 5.41) is 6.86. The molecule has 1 amide bonds. The van der Waals surface area contributed by atoms with E-state index < -0.39 is 11.0 Å². The van der Waals surface area contributed by atoms with Crippen LogP contribution in [-0.2, 0) is 15.8 Å². The molecular weight excluding hydrogens is 412 g/mol. The first kappa shape index (κ1) is 23.6. The Hall–Kier alpha value is -2.03. The molecule has 0 bridgehead atoms. The molecule has 7 nitrogen and oxygen atoms in total. The first-order valence-electron chi connectivity index (χ1n) is 11.1. The molecule has 2 N–H and O–H groups in total. The molecule has 1 atom stereocenters. The minimum atomic E-state index is -1.28. The summed E-state index contributed by atoms with van der Waals surface area (Å²) >= 11 is 0. The molecule has 0 spiro atoms. The third kappa shape index (κ3) is 6.48. The number of benzene rings is 1. The van der Waals surface area contributed by atoms with Gasteiger partial charge in [0.25, 0.3) is 0 Å². The third-order valence-corrected chi connectivity index (χ3v) is 7.20. The highest BCUT2D eigenvalue weighted by atomic mass is 32.2. The lowest BCUT2D eigenvalue weighted by Crippen LogP contribution is -2.35. The summed E-state index contributed by atoms with van der Waals surface area (Å²) in [6, 6.07) is 8.27. The smallest absolute Gasteiger partial charge is 0.226 e. The monoisotopic (exact) mass is 446 g/mol. The molecule has 1 saturated heterocycles. The van der Waals surface area contributed by atoms with E-state index in [9.17, 15) is 9.00 Å². The number of aromatic nitrogens is 1. The summed E-state index contributed by atoms with van der Waals surface area (Å²) in [6.45, 7) is 11.2. The van der Waals surface area contributed by atoms with Gasteiger partial charge in [-0.15, -0.1) is 0 Å². The molecule has 1 aliphatic heterocycles. The Kier molecular flexibility index (Phi) is 8.40. The van der Waals surface area contributed by atoms with Gasteiger partial charge in [-0.2, -0.15) is 0 Å². The summed E-state index contributed by atoms with van der Waals surface area (Å²) in [5.41, 5.74) is 2.87. The maximum Gasteiger partial charge on any atom is 0.226 e. The summed E-state index contributed by atoms with van der Waals surface area (Å²) in [6.07, 6.45) is 3.16. The number of carbonyl (C=O) groups excluding carboxylic acids is 1. The molecule has 170 valence electrons. The minimum Gasteiger partial charge on any atom is -0.360 e. The number of amides is 1. The first-order chi connectivity index (χ1) is 14.8. The van der Waals surface area contributed by atoms with Gasteiger partial charge < -0.3 is 14.7 Å². The van der Waals surface area contributed by atoms with Crippen molar-refractivity contribution in [2.45, 2.75) is 57.8 Å². The molecule has 0 radical (unpaired) electrons. The summed E-state index contributed by atoms with van der Waals surface area (Å²) in [5.74, 6) is 1.16. The molecule has 31 heavy (non-hydrogen) atoms. The zero-order chi connectivity index (χ0) is 22.4. The van der Waals surface area contributed by atoms with E-state index >= 15 is 0 Å². The molecule has 2 heterocycles. The van der Waals surface area contributed by atoms with Crippen LogP contribution in [0.15, 0.2) is 33.7 Å². The minimum absolute atomic E-state index is 0.0248. The maximum absolute atomic E-state index is 12.4. The standard InChI is InChI=1S/C23H34N4O3S/c1-16(2)23(28)25-21-8-5-7-20(15-21)19-9-13-27(14-10-19)12-6-11-24-31(29)22-17(3)26-30-18(22)4/h5,7-8,15-16,19,24H,6,9-14H2,1-4H3,(H,25,28). The van der Waals surface area contributed by atoms with Gasteiger partial charge in [0.05, 0.1) is 5.69 Å². The summed E-state index contributed by atoms with van der Waals surface area (Å²) in [7, 11) is -1.28. The Morgan fingerprint density at radius 1 is 1.29 bits per heavy atom. The molecule has 0 saturated carbocycles. The lowest BCUT2D eigenvalue weighted by molar-refractivity contribution is -0.118. The van der Waals surface area contributed by atoms with Crippen LogP contribution in [0.5, 0.6) is 0 Å². The van der Waals surface area contributed by atoms with E-state index in [4.69, 9.17) is 4.52 Å². The van der Waals surface area contributed by atoms with Gasteiger partial charge in [0.2, 0.25) is 5.91 Å². The number of rotatable bonds is 9. The van der Waals surface area contributed by atoms with E-state index in [0.717, 1.165) is 44.6 Å².